The molecule has 0 saturated carbocycles. The summed E-state index contributed by atoms with van der Waals surface area (Å²) in [6.45, 7) is 8.04. The largest absolute Gasteiger partial charge is 0.314 e. The lowest BCUT2D eigenvalue weighted by atomic mass is 10.3. The number of hydrogen-bond acceptors (Lipinski definition) is 5. The highest BCUT2D eigenvalue weighted by Gasteiger charge is 2.23. The quantitative estimate of drug-likeness (QED) is 0.612. The van der Waals surface area contributed by atoms with E-state index >= 15 is 0 Å². The number of likely N-dealkylation sites (N-methyl/N-ethyl adjacent to an activating group) is 1. The van der Waals surface area contributed by atoms with Gasteiger partial charge < -0.3 is 10.2 Å². The van der Waals surface area contributed by atoms with Gasteiger partial charge in [-0.25, -0.2) is 4.72 Å². The van der Waals surface area contributed by atoms with E-state index in [4.69, 9.17) is 0 Å². The van der Waals surface area contributed by atoms with Crippen molar-refractivity contribution in [2.75, 3.05) is 72.5 Å². The molecular weight excluding hydrogens is 266 g/mol. The van der Waals surface area contributed by atoms with Gasteiger partial charge in [0.25, 0.3) is 10.2 Å². The number of hydrogen-bond donors (Lipinski definition) is 2. The van der Waals surface area contributed by atoms with Gasteiger partial charge in [-0.1, -0.05) is 0 Å². The smallest absolute Gasteiger partial charge is 0.279 e. The summed E-state index contributed by atoms with van der Waals surface area (Å²) in [5, 5.41) is 3.15. The van der Waals surface area contributed by atoms with Gasteiger partial charge in [0.15, 0.2) is 0 Å². The Labute approximate surface area is 116 Å². The van der Waals surface area contributed by atoms with Crippen LogP contribution in [0.2, 0.25) is 0 Å². The van der Waals surface area contributed by atoms with E-state index in [1.54, 1.807) is 0 Å². The van der Waals surface area contributed by atoms with Crippen molar-refractivity contribution >= 4 is 10.2 Å². The Kier molecular flexibility index (Phi) is 5.55. The summed E-state index contributed by atoms with van der Waals surface area (Å²) >= 11 is 0. The predicted molar refractivity (Wildman–Crippen MR) is 75.3 cm³/mol. The molecular formula is C11H25N5O2S. The normalized spacial score (nSPS) is 24.7. The first-order valence-electron chi connectivity index (χ1n) is 6.94. The summed E-state index contributed by atoms with van der Waals surface area (Å²) < 4.78 is 28.3. The first-order chi connectivity index (χ1) is 9.08. The molecule has 2 rings (SSSR count). The second-order valence-electron chi connectivity index (χ2n) is 5.19. The van der Waals surface area contributed by atoms with E-state index in [9.17, 15) is 8.42 Å². The Bertz CT molecular complexity index is 361. The highest BCUT2D eigenvalue weighted by molar-refractivity contribution is 7.87. The van der Waals surface area contributed by atoms with Crippen LogP contribution in [0.25, 0.3) is 0 Å². The van der Waals surface area contributed by atoms with Gasteiger partial charge >= 0.3 is 0 Å². The van der Waals surface area contributed by atoms with Crippen LogP contribution in [0.15, 0.2) is 0 Å². The molecule has 0 aromatic rings. The Hall–Kier alpha value is -0.250. The SMILES string of the molecule is CN1CCN(CCNS(=O)(=O)N2CCNCC2)CC1. The number of nitrogens with one attached hydrogen (secondary N) is 2. The molecule has 8 heteroatoms. The summed E-state index contributed by atoms with van der Waals surface area (Å²) in [5.74, 6) is 0. The lowest BCUT2D eigenvalue weighted by molar-refractivity contribution is 0.156. The van der Waals surface area contributed by atoms with Crippen molar-refractivity contribution in [3.8, 4) is 0 Å². The fraction of sp³-hybridized carbons (Fsp3) is 1.00. The molecule has 0 radical (unpaired) electrons. The molecule has 112 valence electrons. The average Bonchev–Trinajstić information content (AvgIpc) is 2.42. The highest BCUT2D eigenvalue weighted by atomic mass is 32.2. The second-order valence-corrected chi connectivity index (χ2v) is 6.95. The molecule has 19 heavy (non-hydrogen) atoms. The fourth-order valence-electron chi connectivity index (χ4n) is 2.38. The van der Waals surface area contributed by atoms with Crippen LogP contribution < -0.4 is 10.0 Å². The van der Waals surface area contributed by atoms with Gasteiger partial charge in [-0.05, 0) is 7.05 Å². The van der Waals surface area contributed by atoms with Gasteiger partial charge in [0.2, 0.25) is 0 Å². The van der Waals surface area contributed by atoms with Gasteiger partial charge in [-0.15, -0.1) is 0 Å². The summed E-state index contributed by atoms with van der Waals surface area (Å²) in [6.07, 6.45) is 0. The first-order valence-corrected chi connectivity index (χ1v) is 8.38. The summed E-state index contributed by atoms with van der Waals surface area (Å²) in [4.78, 5) is 4.60. The maximum atomic E-state index is 12.0. The van der Waals surface area contributed by atoms with Crippen molar-refractivity contribution in [1.29, 1.82) is 0 Å². The van der Waals surface area contributed by atoms with Crippen LogP contribution in [0.3, 0.4) is 0 Å². The van der Waals surface area contributed by atoms with Crippen LogP contribution in [0.4, 0.5) is 0 Å². The van der Waals surface area contributed by atoms with Crippen LogP contribution in [0.5, 0.6) is 0 Å². The van der Waals surface area contributed by atoms with Crippen molar-refractivity contribution in [2.24, 2.45) is 0 Å². The molecule has 0 amide bonds. The Morgan fingerprint density at radius 3 is 2.32 bits per heavy atom. The maximum Gasteiger partial charge on any atom is 0.279 e. The van der Waals surface area contributed by atoms with Crippen LogP contribution >= 0.6 is 0 Å². The third kappa shape index (κ3) is 4.66. The lowest BCUT2D eigenvalue weighted by Crippen LogP contribution is -2.52. The summed E-state index contributed by atoms with van der Waals surface area (Å²) in [6, 6.07) is 0. The van der Waals surface area contributed by atoms with Crippen LogP contribution in [0, 0.1) is 0 Å². The van der Waals surface area contributed by atoms with Crippen molar-refractivity contribution in [3.05, 3.63) is 0 Å². The zero-order chi connectivity index (χ0) is 13.7. The molecule has 7 nitrogen and oxygen atoms in total. The Morgan fingerprint density at radius 1 is 1.05 bits per heavy atom. The van der Waals surface area contributed by atoms with E-state index < -0.39 is 10.2 Å². The fourth-order valence-corrected chi connectivity index (χ4v) is 3.58. The van der Waals surface area contributed by atoms with Gasteiger partial charge in [0.1, 0.15) is 0 Å². The van der Waals surface area contributed by atoms with E-state index in [0.717, 1.165) is 45.8 Å². The van der Waals surface area contributed by atoms with Crippen molar-refractivity contribution < 1.29 is 8.42 Å². The topological polar surface area (TPSA) is 67.9 Å². The summed E-state index contributed by atoms with van der Waals surface area (Å²) in [5.41, 5.74) is 0. The molecule has 2 N–H and O–H groups in total. The zero-order valence-corrected chi connectivity index (χ0v) is 12.5. The van der Waals surface area contributed by atoms with Gasteiger partial charge in [0.05, 0.1) is 0 Å². The number of piperazine rings is 2. The molecule has 2 fully saturated rings. The number of nitrogens with zero attached hydrogens (tertiary/aromatic N) is 3. The first kappa shape index (κ1) is 15.1. The standard InChI is InChI=1S/C11H25N5O2S/c1-14-8-10-15(11-9-14)5-4-13-19(17,18)16-6-2-12-3-7-16/h12-13H,2-11H2,1H3. The Balaban J connectivity index is 1.69. The van der Waals surface area contributed by atoms with E-state index in [0.29, 0.717) is 19.6 Å². The van der Waals surface area contributed by atoms with Crippen LogP contribution in [-0.4, -0.2) is 95.0 Å². The third-order valence-corrected chi connectivity index (χ3v) is 5.34. The van der Waals surface area contributed by atoms with E-state index in [1.807, 2.05) is 0 Å². The van der Waals surface area contributed by atoms with Gasteiger partial charge in [-0.2, -0.15) is 12.7 Å². The van der Waals surface area contributed by atoms with E-state index in [2.05, 4.69) is 26.9 Å². The second kappa shape index (κ2) is 6.96. The van der Waals surface area contributed by atoms with Crippen LogP contribution in [0.1, 0.15) is 0 Å². The molecule has 2 saturated heterocycles. The molecule has 0 unspecified atom stereocenters. The molecule has 0 bridgehead atoms. The zero-order valence-electron chi connectivity index (χ0n) is 11.6. The van der Waals surface area contributed by atoms with Gasteiger partial charge in [-0.3, -0.25) is 4.90 Å². The van der Waals surface area contributed by atoms with E-state index in [-0.39, 0.29) is 0 Å². The minimum atomic E-state index is -3.29. The minimum Gasteiger partial charge on any atom is -0.314 e. The van der Waals surface area contributed by atoms with Gasteiger partial charge in [0, 0.05) is 65.4 Å². The molecule has 0 aliphatic carbocycles. The third-order valence-electron chi connectivity index (χ3n) is 3.72. The van der Waals surface area contributed by atoms with E-state index in [1.165, 1.54) is 4.31 Å². The molecule has 2 heterocycles. The monoisotopic (exact) mass is 291 g/mol. The Morgan fingerprint density at radius 2 is 1.68 bits per heavy atom. The molecule has 0 aromatic carbocycles. The molecule has 0 spiro atoms. The molecule has 2 aliphatic heterocycles. The van der Waals surface area contributed by atoms with Crippen molar-refractivity contribution in [3.63, 3.8) is 0 Å². The van der Waals surface area contributed by atoms with Crippen LogP contribution in [-0.2, 0) is 10.2 Å². The average molecular weight is 291 g/mol. The molecule has 2 aliphatic rings. The lowest BCUT2D eigenvalue weighted by Gasteiger charge is -2.32. The minimum absolute atomic E-state index is 0.496. The predicted octanol–water partition coefficient (Wildman–Crippen LogP) is -2.03. The number of rotatable bonds is 5. The maximum absolute atomic E-state index is 12.0. The van der Waals surface area contributed by atoms with Crippen molar-refractivity contribution in [2.45, 2.75) is 0 Å². The molecule has 0 atom stereocenters. The summed E-state index contributed by atoms with van der Waals surface area (Å²) in [7, 11) is -1.17. The highest BCUT2D eigenvalue weighted by Crippen LogP contribution is 2.01. The molecule has 0 aromatic heterocycles. The van der Waals surface area contributed by atoms with Crippen molar-refractivity contribution in [1.82, 2.24) is 24.1 Å².